The average molecular weight is 368 g/mol. The number of aryl methyl sites for hydroxylation is 1. The van der Waals surface area contributed by atoms with Gasteiger partial charge in [0.15, 0.2) is 6.10 Å². The molecule has 0 aromatic heterocycles. The smallest absolute Gasteiger partial charge is 0.311 e. The molecular formula is C18H16ClF2NO3. The zero-order chi connectivity index (χ0) is 18.6. The van der Waals surface area contributed by atoms with Gasteiger partial charge in [0.05, 0.1) is 6.42 Å². The third-order valence-corrected chi connectivity index (χ3v) is 3.85. The molecule has 25 heavy (non-hydrogen) atoms. The van der Waals surface area contributed by atoms with Gasteiger partial charge in [-0.1, -0.05) is 23.7 Å². The minimum atomic E-state index is -1.14. The van der Waals surface area contributed by atoms with Crippen molar-refractivity contribution >= 4 is 29.2 Å². The van der Waals surface area contributed by atoms with Crippen molar-refractivity contribution in [1.29, 1.82) is 0 Å². The van der Waals surface area contributed by atoms with Crippen molar-refractivity contribution in [3.05, 3.63) is 64.2 Å². The summed E-state index contributed by atoms with van der Waals surface area (Å²) < 4.78 is 32.1. The van der Waals surface area contributed by atoms with Crippen LogP contribution in [0.1, 0.15) is 18.1 Å². The van der Waals surface area contributed by atoms with E-state index >= 15 is 0 Å². The van der Waals surface area contributed by atoms with Crippen LogP contribution < -0.4 is 5.32 Å². The first kappa shape index (κ1) is 18.9. The Hall–Kier alpha value is -2.47. The normalized spacial score (nSPS) is 11.7. The molecule has 0 radical (unpaired) electrons. The maximum atomic E-state index is 13.7. The zero-order valence-electron chi connectivity index (χ0n) is 13.6. The van der Waals surface area contributed by atoms with Crippen molar-refractivity contribution in [3.8, 4) is 0 Å². The summed E-state index contributed by atoms with van der Waals surface area (Å²) in [6.07, 6.45) is -1.54. The fourth-order valence-corrected chi connectivity index (χ4v) is 2.28. The van der Waals surface area contributed by atoms with Crippen LogP contribution in [0.25, 0.3) is 0 Å². The monoisotopic (exact) mass is 367 g/mol. The number of carbonyl (C=O) groups is 2. The van der Waals surface area contributed by atoms with E-state index < -0.39 is 36.0 Å². The third kappa shape index (κ3) is 5.00. The van der Waals surface area contributed by atoms with Gasteiger partial charge in [0.25, 0.3) is 5.91 Å². The van der Waals surface area contributed by atoms with E-state index in [0.29, 0.717) is 5.56 Å². The summed E-state index contributed by atoms with van der Waals surface area (Å²) >= 11 is 5.85. The minimum Gasteiger partial charge on any atom is -0.452 e. The second kappa shape index (κ2) is 8.07. The van der Waals surface area contributed by atoms with Crippen LogP contribution in [0.3, 0.4) is 0 Å². The van der Waals surface area contributed by atoms with Crippen LogP contribution in [-0.4, -0.2) is 18.0 Å². The van der Waals surface area contributed by atoms with E-state index in [0.717, 1.165) is 0 Å². The van der Waals surface area contributed by atoms with Crippen LogP contribution in [0.5, 0.6) is 0 Å². The van der Waals surface area contributed by atoms with Crippen LogP contribution in [0.15, 0.2) is 36.4 Å². The second-order valence-electron chi connectivity index (χ2n) is 5.46. The summed E-state index contributed by atoms with van der Waals surface area (Å²) in [6, 6.07) is 8.27. The van der Waals surface area contributed by atoms with Crippen molar-refractivity contribution < 1.29 is 23.1 Å². The number of anilines is 1. The number of benzene rings is 2. The van der Waals surface area contributed by atoms with Gasteiger partial charge in [0.2, 0.25) is 0 Å². The topological polar surface area (TPSA) is 55.4 Å². The lowest BCUT2D eigenvalue weighted by atomic mass is 10.1. The summed E-state index contributed by atoms with van der Waals surface area (Å²) in [6.45, 7) is 2.96. The molecule has 0 heterocycles. The van der Waals surface area contributed by atoms with Crippen molar-refractivity contribution in [2.45, 2.75) is 26.4 Å². The highest BCUT2D eigenvalue weighted by Gasteiger charge is 2.20. The Bertz CT molecular complexity index is 791. The molecular weight excluding hydrogens is 352 g/mol. The Labute approximate surface area is 148 Å². The first-order chi connectivity index (χ1) is 11.8. The van der Waals surface area contributed by atoms with E-state index in [2.05, 4.69) is 5.32 Å². The van der Waals surface area contributed by atoms with Crippen LogP contribution in [0.2, 0.25) is 5.02 Å². The Morgan fingerprint density at radius 3 is 2.56 bits per heavy atom. The van der Waals surface area contributed by atoms with Crippen LogP contribution in [-0.2, 0) is 20.7 Å². The molecule has 2 aromatic carbocycles. The summed E-state index contributed by atoms with van der Waals surface area (Å²) in [5.74, 6) is -2.52. The minimum absolute atomic E-state index is 0.00220. The second-order valence-corrected chi connectivity index (χ2v) is 5.87. The number of carbonyl (C=O) groups excluding carboxylic acids is 2. The van der Waals surface area contributed by atoms with Gasteiger partial charge in [-0.2, -0.15) is 0 Å². The van der Waals surface area contributed by atoms with Crippen LogP contribution in [0, 0.1) is 18.6 Å². The van der Waals surface area contributed by atoms with E-state index in [9.17, 15) is 18.4 Å². The predicted octanol–water partition coefficient (Wildman–Crippen LogP) is 4.04. The lowest BCUT2D eigenvalue weighted by molar-refractivity contribution is -0.152. The summed E-state index contributed by atoms with van der Waals surface area (Å²) in [5, 5.41) is 2.55. The lowest BCUT2D eigenvalue weighted by Crippen LogP contribution is -2.30. The Balaban J connectivity index is 1.96. The van der Waals surface area contributed by atoms with Gasteiger partial charge < -0.3 is 10.1 Å². The van der Waals surface area contributed by atoms with E-state index in [1.165, 1.54) is 43.3 Å². The SMILES string of the molecule is Cc1ccc(NC(=O)C(C)OC(=O)Cc2c(F)cccc2Cl)cc1F. The molecule has 1 atom stereocenters. The van der Waals surface area contributed by atoms with Crippen molar-refractivity contribution in [2.75, 3.05) is 5.32 Å². The fourth-order valence-electron chi connectivity index (χ4n) is 2.05. The number of halogens is 3. The molecule has 1 amide bonds. The number of rotatable bonds is 5. The van der Waals surface area contributed by atoms with Crippen LogP contribution in [0.4, 0.5) is 14.5 Å². The number of esters is 1. The lowest BCUT2D eigenvalue weighted by Gasteiger charge is -2.14. The molecule has 0 aliphatic heterocycles. The van der Waals surface area contributed by atoms with E-state index in [4.69, 9.17) is 16.3 Å². The Kier molecular flexibility index (Phi) is 6.09. The number of hydrogen-bond acceptors (Lipinski definition) is 3. The summed E-state index contributed by atoms with van der Waals surface area (Å²) in [5.41, 5.74) is 0.690. The molecule has 0 fully saturated rings. The van der Waals surface area contributed by atoms with Gasteiger partial charge in [-0.25, -0.2) is 8.78 Å². The maximum Gasteiger partial charge on any atom is 0.311 e. The molecule has 1 unspecified atom stereocenters. The van der Waals surface area contributed by atoms with E-state index in [1.54, 1.807) is 6.92 Å². The molecule has 132 valence electrons. The molecule has 0 bridgehead atoms. The highest BCUT2D eigenvalue weighted by molar-refractivity contribution is 6.31. The molecule has 0 aliphatic carbocycles. The van der Waals surface area contributed by atoms with Gasteiger partial charge in [-0.3, -0.25) is 9.59 Å². The van der Waals surface area contributed by atoms with Crippen LogP contribution >= 0.6 is 11.6 Å². The molecule has 0 spiro atoms. The quantitative estimate of drug-likeness (QED) is 0.811. The van der Waals surface area contributed by atoms with Crippen molar-refractivity contribution in [3.63, 3.8) is 0 Å². The maximum absolute atomic E-state index is 13.7. The first-order valence-corrected chi connectivity index (χ1v) is 7.85. The molecule has 2 aromatic rings. The highest BCUT2D eigenvalue weighted by Crippen LogP contribution is 2.20. The van der Waals surface area contributed by atoms with Gasteiger partial charge in [0, 0.05) is 16.3 Å². The Morgan fingerprint density at radius 1 is 1.20 bits per heavy atom. The standard InChI is InChI=1S/C18H16ClF2NO3/c1-10-6-7-12(8-16(10)21)22-18(24)11(2)25-17(23)9-13-14(19)4-3-5-15(13)20/h3-8,11H,9H2,1-2H3,(H,22,24). The Morgan fingerprint density at radius 2 is 1.92 bits per heavy atom. The number of ether oxygens (including phenoxy) is 1. The molecule has 1 N–H and O–H groups in total. The van der Waals surface area contributed by atoms with E-state index in [1.807, 2.05) is 0 Å². The molecule has 0 saturated carbocycles. The molecule has 2 rings (SSSR count). The van der Waals surface area contributed by atoms with Crippen molar-refractivity contribution in [1.82, 2.24) is 0 Å². The number of hydrogen-bond donors (Lipinski definition) is 1. The third-order valence-electron chi connectivity index (χ3n) is 3.50. The molecule has 0 saturated heterocycles. The summed E-state index contributed by atoms with van der Waals surface area (Å²) in [4.78, 5) is 23.9. The zero-order valence-corrected chi connectivity index (χ0v) is 14.4. The number of nitrogens with one attached hydrogen (secondary N) is 1. The van der Waals surface area contributed by atoms with E-state index in [-0.39, 0.29) is 16.3 Å². The molecule has 0 aliphatic rings. The average Bonchev–Trinajstić information content (AvgIpc) is 2.54. The predicted molar refractivity (Wildman–Crippen MR) is 90.4 cm³/mol. The van der Waals surface area contributed by atoms with Gasteiger partial charge in [-0.15, -0.1) is 0 Å². The fraction of sp³-hybridized carbons (Fsp3) is 0.222. The summed E-state index contributed by atoms with van der Waals surface area (Å²) in [7, 11) is 0. The molecule has 7 heteroatoms. The van der Waals surface area contributed by atoms with Crippen molar-refractivity contribution in [2.24, 2.45) is 0 Å². The van der Waals surface area contributed by atoms with Gasteiger partial charge in [0.1, 0.15) is 11.6 Å². The largest absolute Gasteiger partial charge is 0.452 e. The molecule has 4 nitrogen and oxygen atoms in total. The van der Waals surface area contributed by atoms with Gasteiger partial charge in [-0.05, 0) is 43.7 Å². The highest BCUT2D eigenvalue weighted by atomic mass is 35.5. The first-order valence-electron chi connectivity index (χ1n) is 7.47. The number of amides is 1. The van der Waals surface area contributed by atoms with Gasteiger partial charge >= 0.3 is 5.97 Å².